The maximum atomic E-state index is 11.2. The van der Waals surface area contributed by atoms with Crippen LogP contribution in [0.3, 0.4) is 0 Å². The predicted octanol–water partition coefficient (Wildman–Crippen LogP) is 1.49. The molecule has 0 bridgehead atoms. The minimum Gasteiger partial charge on any atom is -0.466 e. The number of carbonyl (C=O) groups is 2. The first-order valence-corrected chi connectivity index (χ1v) is 5.38. The Hall–Kier alpha value is -1.06. The van der Waals surface area contributed by atoms with Gasteiger partial charge in [0, 0.05) is 13.0 Å². The van der Waals surface area contributed by atoms with Gasteiger partial charge in [0.05, 0.1) is 13.0 Å². The van der Waals surface area contributed by atoms with Gasteiger partial charge in [0.25, 0.3) is 0 Å². The van der Waals surface area contributed by atoms with Crippen LogP contribution in [0.15, 0.2) is 0 Å². The zero-order valence-electron chi connectivity index (χ0n) is 10.0. The third kappa shape index (κ3) is 7.97. The lowest BCUT2D eigenvalue weighted by Gasteiger charge is -2.18. The third-order valence-corrected chi connectivity index (χ3v) is 1.88. The molecule has 0 rings (SSSR count). The van der Waals surface area contributed by atoms with Gasteiger partial charge >= 0.3 is 5.97 Å². The summed E-state index contributed by atoms with van der Waals surface area (Å²) in [5, 5.41) is 2.76. The summed E-state index contributed by atoms with van der Waals surface area (Å²) in [5.74, 6) is 0.0816. The van der Waals surface area contributed by atoms with Gasteiger partial charge in [-0.1, -0.05) is 13.8 Å². The van der Waals surface area contributed by atoms with Crippen LogP contribution in [0.4, 0.5) is 0 Å². The van der Waals surface area contributed by atoms with E-state index in [1.54, 1.807) is 6.92 Å². The van der Waals surface area contributed by atoms with Crippen molar-refractivity contribution in [3.8, 4) is 0 Å². The quantitative estimate of drug-likeness (QED) is 0.683. The molecular formula is C11H21NO3. The molecule has 4 nitrogen and oxygen atoms in total. The van der Waals surface area contributed by atoms with Crippen molar-refractivity contribution in [1.29, 1.82) is 0 Å². The molecule has 1 atom stereocenters. The van der Waals surface area contributed by atoms with Crippen molar-refractivity contribution in [3.05, 3.63) is 0 Å². The number of rotatable bonds is 6. The van der Waals surface area contributed by atoms with Crippen molar-refractivity contribution < 1.29 is 14.3 Å². The van der Waals surface area contributed by atoms with E-state index in [2.05, 4.69) is 19.2 Å². The first-order valence-electron chi connectivity index (χ1n) is 5.38. The van der Waals surface area contributed by atoms with Crippen LogP contribution in [0, 0.1) is 5.92 Å². The zero-order chi connectivity index (χ0) is 11.8. The molecule has 4 heteroatoms. The van der Waals surface area contributed by atoms with E-state index in [1.165, 1.54) is 6.92 Å². The predicted molar refractivity (Wildman–Crippen MR) is 58.3 cm³/mol. The molecular weight excluding hydrogens is 194 g/mol. The van der Waals surface area contributed by atoms with Crippen molar-refractivity contribution in [3.63, 3.8) is 0 Å². The second-order valence-corrected chi connectivity index (χ2v) is 4.04. The summed E-state index contributed by atoms with van der Waals surface area (Å²) in [7, 11) is 0. The van der Waals surface area contributed by atoms with Crippen LogP contribution in [-0.2, 0) is 14.3 Å². The standard InChI is InChI=1S/C11H21NO3/c1-5-15-11(14)7-10(6-8(2)3)12-9(4)13/h8,10H,5-7H2,1-4H3,(H,12,13)/t10-/m0/s1. The maximum Gasteiger partial charge on any atom is 0.307 e. The minimum absolute atomic E-state index is 0.107. The van der Waals surface area contributed by atoms with Crippen molar-refractivity contribution in [2.75, 3.05) is 6.61 Å². The van der Waals surface area contributed by atoms with Crippen LogP contribution >= 0.6 is 0 Å². The molecule has 88 valence electrons. The smallest absolute Gasteiger partial charge is 0.307 e. The molecule has 0 aromatic heterocycles. The van der Waals surface area contributed by atoms with Crippen molar-refractivity contribution in [2.24, 2.45) is 5.92 Å². The lowest BCUT2D eigenvalue weighted by Crippen LogP contribution is -2.36. The number of carbonyl (C=O) groups excluding carboxylic acids is 2. The van der Waals surface area contributed by atoms with Crippen LogP contribution in [-0.4, -0.2) is 24.5 Å². The molecule has 1 N–H and O–H groups in total. The Kier molecular flexibility index (Phi) is 6.75. The molecule has 0 unspecified atom stereocenters. The van der Waals surface area contributed by atoms with Gasteiger partial charge in [-0.15, -0.1) is 0 Å². The zero-order valence-corrected chi connectivity index (χ0v) is 10.0. The van der Waals surface area contributed by atoms with E-state index >= 15 is 0 Å². The summed E-state index contributed by atoms with van der Waals surface area (Å²) in [6, 6.07) is -0.110. The fraction of sp³-hybridized carbons (Fsp3) is 0.818. The van der Waals surface area contributed by atoms with Crippen LogP contribution in [0.2, 0.25) is 0 Å². The van der Waals surface area contributed by atoms with Crippen molar-refractivity contribution in [2.45, 2.75) is 46.6 Å². The molecule has 0 aliphatic carbocycles. The summed E-state index contributed by atoms with van der Waals surface area (Å²) >= 11 is 0. The fourth-order valence-corrected chi connectivity index (χ4v) is 1.47. The Morgan fingerprint density at radius 3 is 2.33 bits per heavy atom. The molecule has 0 heterocycles. The summed E-state index contributed by atoms with van der Waals surface area (Å²) in [5.41, 5.74) is 0. The minimum atomic E-state index is -0.253. The van der Waals surface area contributed by atoms with Crippen molar-refractivity contribution >= 4 is 11.9 Å². The van der Waals surface area contributed by atoms with Gasteiger partial charge in [0.2, 0.25) is 5.91 Å². The molecule has 0 aliphatic rings. The second kappa shape index (κ2) is 7.26. The Morgan fingerprint density at radius 2 is 1.93 bits per heavy atom. The van der Waals surface area contributed by atoms with Gasteiger partial charge < -0.3 is 10.1 Å². The van der Waals surface area contributed by atoms with E-state index in [-0.39, 0.29) is 24.3 Å². The van der Waals surface area contributed by atoms with Crippen molar-refractivity contribution in [1.82, 2.24) is 5.32 Å². The van der Waals surface area contributed by atoms with Crippen LogP contribution in [0.25, 0.3) is 0 Å². The fourth-order valence-electron chi connectivity index (χ4n) is 1.47. The van der Waals surface area contributed by atoms with Crippen LogP contribution in [0.1, 0.15) is 40.5 Å². The summed E-state index contributed by atoms with van der Waals surface area (Å²) in [4.78, 5) is 22.2. The molecule has 15 heavy (non-hydrogen) atoms. The van der Waals surface area contributed by atoms with E-state index in [4.69, 9.17) is 4.74 Å². The van der Waals surface area contributed by atoms with Gasteiger partial charge in [0.1, 0.15) is 0 Å². The number of nitrogens with one attached hydrogen (secondary N) is 1. The Bertz CT molecular complexity index is 214. The van der Waals surface area contributed by atoms with E-state index in [0.29, 0.717) is 12.5 Å². The highest BCUT2D eigenvalue weighted by molar-refractivity contribution is 5.75. The Morgan fingerprint density at radius 1 is 1.33 bits per heavy atom. The molecule has 0 aromatic carbocycles. The third-order valence-electron chi connectivity index (χ3n) is 1.88. The Labute approximate surface area is 91.4 Å². The van der Waals surface area contributed by atoms with E-state index in [9.17, 15) is 9.59 Å². The summed E-state index contributed by atoms with van der Waals surface area (Å²) in [6.45, 7) is 7.72. The average molecular weight is 215 g/mol. The molecule has 1 amide bonds. The highest BCUT2D eigenvalue weighted by atomic mass is 16.5. The number of ether oxygens (including phenoxy) is 1. The average Bonchev–Trinajstić information content (AvgIpc) is 2.00. The number of hydrogen-bond acceptors (Lipinski definition) is 3. The first kappa shape index (κ1) is 13.9. The highest BCUT2D eigenvalue weighted by Crippen LogP contribution is 2.08. The lowest BCUT2D eigenvalue weighted by atomic mass is 10.0. The first-order chi connectivity index (χ1) is 6.95. The van der Waals surface area contributed by atoms with Gasteiger partial charge in [-0.3, -0.25) is 9.59 Å². The highest BCUT2D eigenvalue weighted by Gasteiger charge is 2.16. The van der Waals surface area contributed by atoms with Gasteiger partial charge in [-0.25, -0.2) is 0 Å². The number of hydrogen-bond donors (Lipinski definition) is 1. The molecule has 0 spiro atoms. The van der Waals surface area contributed by atoms with Gasteiger partial charge in [-0.05, 0) is 19.3 Å². The largest absolute Gasteiger partial charge is 0.466 e. The summed E-state index contributed by atoms with van der Waals surface area (Å²) < 4.78 is 4.85. The van der Waals surface area contributed by atoms with E-state index < -0.39 is 0 Å². The number of esters is 1. The number of amides is 1. The molecule has 0 radical (unpaired) electrons. The van der Waals surface area contributed by atoms with E-state index in [0.717, 1.165) is 6.42 Å². The van der Waals surface area contributed by atoms with Crippen LogP contribution in [0.5, 0.6) is 0 Å². The maximum absolute atomic E-state index is 11.2. The second-order valence-electron chi connectivity index (χ2n) is 4.04. The van der Waals surface area contributed by atoms with Crippen LogP contribution < -0.4 is 5.32 Å². The van der Waals surface area contributed by atoms with E-state index in [1.807, 2.05) is 0 Å². The monoisotopic (exact) mass is 215 g/mol. The van der Waals surface area contributed by atoms with Gasteiger partial charge in [-0.2, -0.15) is 0 Å². The van der Waals surface area contributed by atoms with Gasteiger partial charge in [0.15, 0.2) is 0 Å². The molecule has 0 aromatic rings. The molecule has 0 saturated carbocycles. The lowest BCUT2D eigenvalue weighted by molar-refractivity contribution is -0.143. The molecule has 0 aliphatic heterocycles. The molecule has 0 saturated heterocycles. The summed E-state index contributed by atoms with van der Waals surface area (Å²) in [6.07, 6.45) is 1.05. The SMILES string of the molecule is CCOC(=O)C[C@H](CC(C)C)NC(C)=O. The topological polar surface area (TPSA) is 55.4 Å². The Balaban J connectivity index is 4.11. The normalized spacial score (nSPS) is 12.3. The molecule has 0 fully saturated rings.